The number of carbonyl (C=O) groups is 2. The summed E-state index contributed by atoms with van der Waals surface area (Å²) in [6.07, 6.45) is 2.80. The third kappa shape index (κ3) is 6.13. The molecule has 1 aliphatic rings. The highest BCUT2D eigenvalue weighted by molar-refractivity contribution is 5.91. The fourth-order valence-corrected chi connectivity index (χ4v) is 3.97. The maximum atomic E-state index is 12.3. The second-order valence-corrected chi connectivity index (χ2v) is 8.73. The predicted molar refractivity (Wildman–Crippen MR) is 115 cm³/mol. The highest BCUT2D eigenvalue weighted by Gasteiger charge is 2.21. The van der Waals surface area contributed by atoms with Gasteiger partial charge in [-0.15, -0.1) is 5.10 Å². The van der Waals surface area contributed by atoms with Gasteiger partial charge in [0.05, 0.1) is 6.20 Å². The molecule has 162 valence electrons. The zero-order valence-corrected chi connectivity index (χ0v) is 18.3. The quantitative estimate of drug-likeness (QED) is 0.749. The summed E-state index contributed by atoms with van der Waals surface area (Å²) in [5, 5.41) is 10.6. The van der Waals surface area contributed by atoms with Crippen LogP contribution in [-0.4, -0.2) is 63.8 Å². The topological polar surface area (TPSA) is 83.4 Å². The molecule has 0 aliphatic carbocycles. The van der Waals surface area contributed by atoms with Gasteiger partial charge in [0.25, 0.3) is 5.91 Å². The van der Waals surface area contributed by atoms with Crippen molar-refractivity contribution in [3.8, 4) is 0 Å². The van der Waals surface area contributed by atoms with Crippen LogP contribution in [0.1, 0.15) is 41.9 Å². The molecule has 8 heteroatoms. The van der Waals surface area contributed by atoms with Crippen LogP contribution in [0, 0.1) is 11.8 Å². The van der Waals surface area contributed by atoms with E-state index in [4.69, 9.17) is 0 Å². The number of piperidine rings is 1. The number of nitrogens with one attached hydrogen (secondary N) is 1. The summed E-state index contributed by atoms with van der Waals surface area (Å²) in [7, 11) is 3.34. The number of amides is 2. The summed E-state index contributed by atoms with van der Waals surface area (Å²) in [4.78, 5) is 28.0. The Morgan fingerprint density at radius 1 is 1.10 bits per heavy atom. The highest BCUT2D eigenvalue weighted by Crippen LogP contribution is 2.22. The van der Waals surface area contributed by atoms with Gasteiger partial charge < -0.3 is 10.2 Å². The fourth-order valence-electron chi connectivity index (χ4n) is 3.97. The van der Waals surface area contributed by atoms with Crippen LogP contribution in [0.5, 0.6) is 0 Å². The van der Waals surface area contributed by atoms with Crippen LogP contribution in [0.4, 0.5) is 0 Å². The monoisotopic (exact) mass is 412 g/mol. The van der Waals surface area contributed by atoms with Crippen molar-refractivity contribution in [2.45, 2.75) is 39.9 Å². The number of nitrogens with zero attached hydrogens (tertiary/aromatic N) is 5. The molecule has 2 atom stereocenters. The number of benzene rings is 1. The van der Waals surface area contributed by atoms with E-state index in [0.29, 0.717) is 6.54 Å². The van der Waals surface area contributed by atoms with E-state index in [1.807, 2.05) is 0 Å². The minimum Gasteiger partial charge on any atom is -0.347 e. The molecule has 8 nitrogen and oxygen atoms in total. The van der Waals surface area contributed by atoms with Gasteiger partial charge in [0.15, 0.2) is 5.69 Å². The van der Waals surface area contributed by atoms with Crippen molar-refractivity contribution in [3.05, 3.63) is 47.3 Å². The lowest BCUT2D eigenvalue weighted by Crippen LogP contribution is -2.38. The predicted octanol–water partition coefficient (Wildman–Crippen LogP) is 1.77. The molecule has 1 N–H and O–H groups in total. The van der Waals surface area contributed by atoms with E-state index in [2.05, 4.69) is 58.6 Å². The molecule has 2 amide bonds. The molecule has 1 aromatic carbocycles. The summed E-state index contributed by atoms with van der Waals surface area (Å²) in [5.74, 6) is 1.09. The Balaban J connectivity index is 1.48. The molecule has 0 saturated carbocycles. The minimum absolute atomic E-state index is 0.0588. The van der Waals surface area contributed by atoms with E-state index in [1.165, 1.54) is 27.8 Å². The largest absolute Gasteiger partial charge is 0.347 e. The van der Waals surface area contributed by atoms with Crippen molar-refractivity contribution in [2.24, 2.45) is 11.8 Å². The molecule has 2 heterocycles. The van der Waals surface area contributed by atoms with Crippen LogP contribution in [0.2, 0.25) is 0 Å². The highest BCUT2D eigenvalue weighted by atomic mass is 16.2. The van der Waals surface area contributed by atoms with Gasteiger partial charge in [-0.25, -0.2) is 4.68 Å². The number of likely N-dealkylation sites (N-methyl/N-ethyl adjacent to an activating group) is 1. The summed E-state index contributed by atoms with van der Waals surface area (Å²) in [6, 6.07) is 8.38. The number of hydrogen-bond acceptors (Lipinski definition) is 5. The van der Waals surface area contributed by atoms with Gasteiger partial charge in [-0.2, -0.15) is 0 Å². The lowest BCUT2D eigenvalue weighted by molar-refractivity contribution is -0.129. The maximum absolute atomic E-state index is 12.3. The fraction of sp³-hybridized carbons (Fsp3) is 0.545. The second-order valence-electron chi connectivity index (χ2n) is 8.73. The Labute approximate surface area is 178 Å². The van der Waals surface area contributed by atoms with Gasteiger partial charge >= 0.3 is 0 Å². The molecule has 2 unspecified atom stereocenters. The lowest BCUT2D eigenvalue weighted by atomic mass is 9.91. The van der Waals surface area contributed by atoms with E-state index < -0.39 is 0 Å². The zero-order chi connectivity index (χ0) is 21.7. The normalized spacial score (nSPS) is 19.5. The van der Waals surface area contributed by atoms with Crippen LogP contribution >= 0.6 is 0 Å². The van der Waals surface area contributed by atoms with Crippen LogP contribution in [0.15, 0.2) is 30.5 Å². The van der Waals surface area contributed by atoms with Gasteiger partial charge in [-0.05, 0) is 29.4 Å². The molecule has 2 aromatic rings. The number of rotatable bonds is 7. The van der Waals surface area contributed by atoms with Crippen molar-refractivity contribution in [1.82, 2.24) is 30.1 Å². The number of aromatic nitrogens is 3. The molecule has 0 radical (unpaired) electrons. The third-order valence-corrected chi connectivity index (χ3v) is 5.39. The number of carbonyl (C=O) groups excluding carboxylic acids is 2. The van der Waals surface area contributed by atoms with E-state index >= 15 is 0 Å². The molecular weight excluding hydrogens is 380 g/mol. The zero-order valence-electron chi connectivity index (χ0n) is 18.3. The average molecular weight is 413 g/mol. The van der Waals surface area contributed by atoms with E-state index in [9.17, 15) is 9.59 Å². The van der Waals surface area contributed by atoms with Crippen molar-refractivity contribution < 1.29 is 9.59 Å². The van der Waals surface area contributed by atoms with Gasteiger partial charge in [0.2, 0.25) is 5.91 Å². The van der Waals surface area contributed by atoms with E-state index in [-0.39, 0.29) is 24.1 Å². The Bertz CT molecular complexity index is 851. The van der Waals surface area contributed by atoms with Crippen LogP contribution in [0.3, 0.4) is 0 Å². The molecule has 1 aliphatic heterocycles. The van der Waals surface area contributed by atoms with Gasteiger partial charge in [-0.3, -0.25) is 14.5 Å². The van der Waals surface area contributed by atoms with E-state index in [1.54, 1.807) is 14.1 Å². The van der Waals surface area contributed by atoms with Crippen molar-refractivity contribution in [3.63, 3.8) is 0 Å². The van der Waals surface area contributed by atoms with Crippen LogP contribution < -0.4 is 5.32 Å². The maximum Gasteiger partial charge on any atom is 0.273 e. The SMILES string of the molecule is CC1CC(C)CN(Cc2ccc(CNC(=O)c3cn(CC(=O)N(C)C)nn3)cc2)C1. The minimum atomic E-state index is -0.307. The smallest absolute Gasteiger partial charge is 0.273 e. The average Bonchev–Trinajstić information content (AvgIpc) is 3.15. The Morgan fingerprint density at radius 2 is 1.73 bits per heavy atom. The van der Waals surface area contributed by atoms with Crippen molar-refractivity contribution in [1.29, 1.82) is 0 Å². The molecule has 1 saturated heterocycles. The molecule has 0 bridgehead atoms. The summed E-state index contributed by atoms with van der Waals surface area (Å²) >= 11 is 0. The summed E-state index contributed by atoms with van der Waals surface area (Å²) in [6.45, 7) is 8.41. The van der Waals surface area contributed by atoms with Gasteiger partial charge in [0.1, 0.15) is 6.54 Å². The molecule has 0 spiro atoms. The molecule has 3 rings (SSSR count). The third-order valence-electron chi connectivity index (χ3n) is 5.39. The van der Waals surface area contributed by atoms with Crippen LogP contribution in [-0.2, 0) is 24.4 Å². The first-order valence-electron chi connectivity index (χ1n) is 10.5. The molecule has 1 fully saturated rings. The van der Waals surface area contributed by atoms with Crippen molar-refractivity contribution >= 4 is 11.8 Å². The standard InChI is InChI=1S/C22H32N6O2/c1-16-9-17(2)12-27(11-16)13-19-7-5-18(6-8-19)10-23-22(30)20-14-28(25-24-20)15-21(29)26(3)4/h5-8,14,16-17H,9-13,15H2,1-4H3,(H,23,30). The summed E-state index contributed by atoms with van der Waals surface area (Å²) < 4.78 is 1.37. The number of likely N-dealkylation sites (tertiary alicyclic amines) is 1. The molecular formula is C22H32N6O2. The first-order valence-corrected chi connectivity index (χ1v) is 10.5. The Hall–Kier alpha value is -2.74. The first-order chi connectivity index (χ1) is 14.3. The molecule has 1 aromatic heterocycles. The second kappa shape index (κ2) is 9.84. The number of hydrogen-bond donors (Lipinski definition) is 1. The van der Waals surface area contributed by atoms with Crippen molar-refractivity contribution in [2.75, 3.05) is 27.2 Å². The Morgan fingerprint density at radius 3 is 2.37 bits per heavy atom. The van der Waals surface area contributed by atoms with Crippen LogP contribution in [0.25, 0.3) is 0 Å². The first kappa shape index (κ1) is 22.0. The Kier molecular flexibility index (Phi) is 7.20. The van der Waals surface area contributed by atoms with E-state index in [0.717, 1.165) is 37.0 Å². The lowest BCUT2D eigenvalue weighted by Gasteiger charge is -2.35. The molecule has 30 heavy (non-hydrogen) atoms. The van der Waals surface area contributed by atoms with Gasteiger partial charge in [-0.1, -0.05) is 43.3 Å². The van der Waals surface area contributed by atoms with Gasteiger partial charge in [0, 0.05) is 40.3 Å². The summed E-state index contributed by atoms with van der Waals surface area (Å²) in [5.41, 5.74) is 2.52.